The molecule has 2 N–H and O–H groups in total. The van der Waals surface area contributed by atoms with Crippen LogP contribution in [0.25, 0.3) is 0 Å². The molecule has 1 aliphatic carbocycles. The normalized spacial score (nSPS) is 29.8. The molecule has 0 aromatic heterocycles. The van der Waals surface area contributed by atoms with Crippen LogP contribution in [0.3, 0.4) is 0 Å². The third-order valence-corrected chi connectivity index (χ3v) is 18.4. The molecule has 0 spiro atoms. The van der Waals surface area contributed by atoms with Gasteiger partial charge < -0.3 is 19.1 Å². The van der Waals surface area contributed by atoms with Crippen molar-refractivity contribution in [3.05, 3.63) is 0 Å². The molecule has 0 radical (unpaired) electrons. The Morgan fingerprint density at radius 1 is 0.933 bits per heavy atom. The van der Waals surface area contributed by atoms with Gasteiger partial charge in [-0.2, -0.15) is 0 Å². The standard InChI is InChI=1S/C23H48O5Si2/c1-14(2)30(15(3)4,16(5)6)28-18-13-19(27-29(11,12)23(8,9)10)21(25)22(26)20(24)17(18)7/h14-20,22,24,26H,13H2,1-12H3. The first-order valence-electron chi connectivity index (χ1n) is 11.7. The van der Waals surface area contributed by atoms with Crippen molar-refractivity contribution in [3.8, 4) is 0 Å². The molecule has 0 aliphatic heterocycles. The Morgan fingerprint density at radius 3 is 1.73 bits per heavy atom. The molecule has 5 atom stereocenters. The van der Waals surface area contributed by atoms with Gasteiger partial charge >= 0.3 is 0 Å². The van der Waals surface area contributed by atoms with E-state index in [0.717, 1.165) is 0 Å². The van der Waals surface area contributed by atoms with Crippen LogP contribution in [0.2, 0.25) is 34.8 Å². The fraction of sp³-hybridized carbons (Fsp3) is 0.957. The van der Waals surface area contributed by atoms with Crippen LogP contribution >= 0.6 is 0 Å². The third-order valence-electron chi connectivity index (χ3n) is 7.81. The maximum Gasteiger partial charge on any atom is 0.200 e. The summed E-state index contributed by atoms with van der Waals surface area (Å²) in [4.78, 5) is 13.1. The Labute approximate surface area is 187 Å². The van der Waals surface area contributed by atoms with E-state index >= 15 is 0 Å². The van der Waals surface area contributed by atoms with Gasteiger partial charge in [-0.25, -0.2) is 0 Å². The summed E-state index contributed by atoms with van der Waals surface area (Å²) in [5, 5.41) is 21.3. The molecule has 0 amide bonds. The highest BCUT2D eigenvalue weighted by atomic mass is 28.4. The van der Waals surface area contributed by atoms with Crippen LogP contribution in [0.4, 0.5) is 0 Å². The number of Topliss-reactive ketones (excluding diaryl/α,β-unsaturated/α-hetero) is 1. The van der Waals surface area contributed by atoms with Crippen molar-refractivity contribution in [2.24, 2.45) is 5.92 Å². The Morgan fingerprint density at radius 2 is 1.37 bits per heavy atom. The molecule has 30 heavy (non-hydrogen) atoms. The maximum atomic E-state index is 13.1. The van der Waals surface area contributed by atoms with Gasteiger partial charge in [0.2, 0.25) is 8.32 Å². The van der Waals surface area contributed by atoms with Crippen LogP contribution in [0.15, 0.2) is 0 Å². The van der Waals surface area contributed by atoms with Gasteiger partial charge in [-0.05, 0) is 34.8 Å². The molecular formula is C23H48O5Si2. The van der Waals surface area contributed by atoms with Crippen LogP contribution in [0, 0.1) is 5.92 Å². The summed E-state index contributed by atoms with van der Waals surface area (Å²) in [7, 11) is -4.47. The molecule has 5 unspecified atom stereocenters. The van der Waals surface area contributed by atoms with Crippen molar-refractivity contribution in [1.82, 2.24) is 0 Å². The fourth-order valence-electron chi connectivity index (χ4n) is 4.87. The zero-order chi connectivity index (χ0) is 23.8. The maximum absolute atomic E-state index is 13.1. The first kappa shape index (κ1) is 28.0. The van der Waals surface area contributed by atoms with E-state index < -0.39 is 40.7 Å². The first-order valence-corrected chi connectivity index (χ1v) is 16.7. The molecule has 1 rings (SSSR count). The van der Waals surface area contributed by atoms with Crippen molar-refractivity contribution < 1.29 is 23.9 Å². The first-order chi connectivity index (χ1) is 13.4. The minimum Gasteiger partial charge on any atom is -0.413 e. The predicted octanol–water partition coefficient (Wildman–Crippen LogP) is 5.27. The topological polar surface area (TPSA) is 76.0 Å². The fourth-order valence-corrected chi connectivity index (χ4v) is 11.8. The van der Waals surface area contributed by atoms with Crippen LogP contribution in [-0.2, 0) is 13.6 Å². The number of ketones is 1. The summed E-state index contributed by atoms with van der Waals surface area (Å²) >= 11 is 0. The number of carbonyl (C=O) groups is 1. The zero-order valence-corrected chi connectivity index (χ0v) is 23.4. The summed E-state index contributed by atoms with van der Waals surface area (Å²) in [6.07, 6.45) is -3.26. The average molecular weight is 461 g/mol. The van der Waals surface area contributed by atoms with E-state index in [9.17, 15) is 15.0 Å². The van der Waals surface area contributed by atoms with Crippen LogP contribution in [-0.4, -0.2) is 57.0 Å². The van der Waals surface area contributed by atoms with Gasteiger partial charge in [0.25, 0.3) is 0 Å². The minimum atomic E-state index is -2.24. The zero-order valence-electron chi connectivity index (χ0n) is 21.4. The Hall–Kier alpha value is -0.0562. The monoisotopic (exact) mass is 460 g/mol. The second kappa shape index (κ2) is 9.83. The summed E-state index contributed by atoms with van der Waals surface area (Å²) in [6.45, 7) is 25.9. The van der Waals surface area contributed by atoms with Gasteiger partial charge in [0.05, 0.1) is 12.2 Å². The second-order valence-corrected chi connectivity index (χ2v) is 21.9. The van der Waals surface area contributed by atoms with Crippen LogP contribution < -0.4 is 0 Å². The lowest BCUT2D eigenvalue weighted by Gasteiger charge is -2.46. The van der Waals surface area contributed by atoms with Crippen molar-refractivity contribution in [3.63, 3.8) is 0 Å². The smallest absolute Gasteiger partial charge is 0.200 e. The minimum absolute atomic E-state index is 0.0581. The molecule has 0 bridgehead atoms. The Balaban J connectivity index is 3.38. The lowest BCUT2D eigenvalue weighted by atomic mass is 9.96. The van der Waals surface area contributed by atoms with E-state index in [1.54, 1.807) is 0 Å². The Kier molecular flexibility index (Phi) is 9.17. The van der Waals surface area contributed by atoms with E-state index in [-0.39, 0.29) is 17.1 Å². The molecule has 178 valence electrons. The summed E-state index contributed by atoms with van der Waals surface area (Å²) in [5.41, 5.74) is 1.18. The highest BCUT2D eigenvalue weighted by molar-refractivity contribution is 6.77. The van der Waals surface area contributed by atoms with E-state index in [4.69, 9.17) is 8.85 Å². The van der Waals surface area contributed by atoms with E-state index in [2.05, 4.69) is 75.4 Å². The Bertz CT molecular complexity index is 561. The van der Waals surface area contributed by atoms with Crippen LogP contribution in [0.5, 0.6) is 0 Å². The van der Waals surface area contributed by atoms with Gasteiger partial charge in [-0.1, -0.05) is 69.2 Å². The molecule has 0 aromatic rings. The SMILES string of the molecule is CC1C(O[Si](C(C)C)(C(C)C)C(C)C)CC(O[Si](C)(C)C(C)(C)C)C(=O)C(O)C1O. The number of aliphatic hydroxyl groups is 2. The quantitative estimate of drug-likeness (QED) is 0.400. The van der Waals surface area contributed by atoms with Crippen molar-refractivity contribution in [1.29, 1.82) is 0 Å². The molecule has 1 aliphatic rings. The van der Waals surface area contributed by atoms with Crippen LogP contribution in [0.1, 0.15) is 75.7 Å². The third kappa shape index (κ3) is 5.46. The van der Waals surface area contributed by atoms with Crippen molar-refractivity contribution in [2.75, 3.05) is 0 Å². The van der Waals surface area contributed by atoms with E-state index in [0.29, 0.717) is 23.0 Å². The van der Waals surface area contributed by atoms with Crippen molar-refractivity contribution in [2.45, 2.75) is 135 Å². The second-order valence-electron chi connectivity index (χ2n) is 11.8. The lowest BCUT2D eigenvalue weighted by molar-refractivity contribution is -0.140. The average Bonchev–Trinajstić information content (AvgIpc) is 2.65. The summed E-state index contributed by atoms with van der Waals surface area (Å²) in [6, 6.07) is 0. The van der Waals surface area contributed by atoms with E-state index in [1.807, 2.05) is 6.92 Å². The lowest BCUT2D eigenvalue weighted by Crippen LogP contribution is -2.53. The highest BCUT2D eigenvalue weighted by Gasteiger charge is 2.52. The van der Waals surface area contributed by atoms with Crippen molar-refractivity contribution >= 4 is 22.4 Å². The molecule has 0 saturated heterocycles. The molecule has 1 fully saturated rings. The van der Waals surface area contributed by atoms with Gasteiger partial charge in [0.15, 0.2) is 14.1 Å². The summed E-state index contributed by atoms with van der Waals surface area (Å²) < 4.78 is 13.5. The molecule has 1 saturated carbocycles. The number of carbonyl (C=O) groups excluding carboxylic acids is 1. The molecule has 0 aromatic carbocycles. The van der Waals surface area contributed by atoms with Gasteiger partial charge in [-0.15, -0.1) is 0 Å². The van der Waals surface area contributed by atoms with Gasteiger partial charge in [-0.3, -0.25) is 4.79 Å². The highest BCUT2D eigenvalue weighted by Crippen LogP contribution is 2.45. The molecular weight excluding hydrogens is 412 g/mol. The van der Waals surface area contributed by atoms with E-state index in [1.165, 1.54) is 0 Å². The molecule has 5 nitrogen and oxygen atoms in total. The molecule has 0 heterocycles. The number of hydrogen-bond donors (Lipinski definition) is 2. The number of aliphatic hydroxyl groups excluding tert-OH is 2. The number of hydrogen-bond acceptors (Lipinski definition) is 5. The van der Waals surface area contributed by atoms with Gasteiger partial charge in [0.1, 0.15) is 12.2 Å². The largest absolute Gasteiger partial charge is 0.413 e. The predicted molar refractivity (Wildman–Crippen MR) is 129 cm³/mol. The summed E-state index contributed by atoms with van der Waals surface area (Å²) in [5.74, 6) is -0.753. The molecule has 7 heteroatoms. The number of rotatable bonds is 7. The van der Waals surface area contributed by atoms with Gasteiger partial charge in [0, 0.05) is 12.3 Å².